The Kier molecular flexibility index (Phi) is 3.97. The standard InChI is InChI=1S/C16H12Cl2N2O/c17-12-6-8-13(9-7-12)20-16(18)14(10-21)15(19-20)11-4-2-1-3-5-11/h1-9,21H,10H2. The maximum absolute atomic E-state index is 9.61. The predicted octanol–water partition coefficient (Wildman–Crippen LogP) is 4.34. The molecule has 2 aromatic carbocycles. The number of aliphatic hydroxyl groups is 1. The summed E-state index contributed by atoms with van der Waals surface area (Å²) in [4.78, 5) is 0. The molecule has 3 rings (SSSR count). The summed E-state index contributed by atoms with van der Waals surface area (Å²) in [5, 5.41) is 15.2. The molecule has 1 heterocycles. The van der Waals surface area contributed by atoms with Crippen LogP contribution in [0.15, 0.2) is 54.6 Å². The van der Waals surface area contributed by atoms with Crippen molar-refractivity contribution in [3.8, 4) is 16.9 Å². The SMILES string of the molecule is OCc1c(-c2ccccc2)nn(-c2ccc(Cl)cc2)c1Cl. The molecule has 1 aromatic heterocycles. The lowest BCUT2D eigenvalue weighted by Crippen LogP contribution is -1.96. The molecule has 0 fully saturated rings. The summed E-state index contributed by atoms with van der Waals surface area (Å²) in [5.41, 5.74) is 2.99. The highest BCUT2D eigenvalue weighted by Crippen LogP contribution is 2.30. The minimum Gasteiger partial charge on any atom is -0.391 e. The van der Waals surface area contributed by atoms with Gasteiger partial charge in [-0.3, -0.25) is 0 Å². The molecule has 3 nitrogen and oxygen atoms in total. The van der Waals surface area contributed by atoms with E-state index in [1.807, 2.05) is 42.5 Å². The van der Waals surface area contributed by atoms with Gasteiger partial charge < -0.3 is 5.11 Å². The molecule has 106 valence electrons. The first-order valence-corrected chi connectivity index (χ1v) is 7.16. The Morgan fingerprint density at radius 2 is 1.62 bits per heavy atom. The lowest BCUT2D eigenvalue weighted by Gasteiger charge is -2.03. The second kappa shape index (κ2) is 5.90. The van der Waals surface area contributed by atoms with E-state index in [2.05, 4.69) is 5.10 Å². The largest absolute Gasteiger partial charge is 0.391 e. The smallest absolute Gasteiger partial charge is 0.139 e. The van der Waals surface area contributed by atoms with Crippen LogP contribution < -0.4 is 0 Å². The van der Waals surface area contributed by atoms with Crippen LogP contribution in [0.2, 0.25) is 10.2 Å². The van der Waals surface area contributed by atoms with Crippen LogP contribution in [0.5, 0.6) is 0 Å². The summed E-state index contributed by atoms with van der Waals surface area (Å²) in [6.45, 7) is -0.170. The monoisotopic (exact) mass is 318 g/mol. The second-order valence-corrected chi connectivity index (χ2v) is 5.32. The minimum absolute atomic E-state index is 0.170. The van der Waals surface area contributed by atoms with E-state index in [9.17, 15) is 5.11 Å². The van der Waals surface area contributed by atoms with Crippen LogP contribution in [-0.2, 0) is 6.61 Å². The summed E-state index contributed by atoms with van der Waals surface area (Å²) in [7, 11) is 0. The maximum Gasteiger partial charge on any atom is 0.139 e. The lowest BCUT2D eigenvalue weighted by atomic mass is 10.1. The molecule has 0 radical (unpaired) electrons. The van der Waals surface area contributed by atoms with Crippen LogP contribution in [0.1, 0.15) is 5.56 Å². The molecule has 0 aliphatic carbocycles. The Hall–Kier alpha value is -1.81. The molecule has 3 aromatic rings. The Labute approximate surface area is 132 Å². The number of aromatic nitrogens is 2. The molecule has 0 atom stereocenters. The van der Waals surface area contributed by atoms with Gasteiger partial charge in [0, 0.05) is 16.1 Å². The number of halogens is 2. The van der Waals surface area contributed by atoms with Crippen molar-refractivity contribution >= 4 is 23.2 Å². The zero-order chi connectivity index (χ0) is 14.8. The van der Waals surface area contributed by atoms with E-state index in [1.54, 1.807) is 16.8 Å². The van der Waals surface area contributed by atoms with Crippen molar-refractivity contribution in [1.29, 1.82) is 0 Å². The van der Waals surface area contributed by atoms with Gasteiger partial charge >= 0.3 is 0 Å². The molecule has 0 amide bonds. The predicted molar refractivity (Wildman–Crippen MR) is 84.9 cm³/mol. The van der Waals surface area contributed by atoms with Gasteiger partial charge in [-0.1, -0.05) is 53.5 Å². The second-order valence-electron chi connectivity index (χ2n) is 4.53. The normalized spacial score (nSPS) is 10.8. The van der Waals surface area contributed by atoms with Crippen LogP contribution in [0.3, 0.4) is 0 Å². The average Bonchev–Trinajstić information content (AvgIpc) is 2.86. The van der Waals surface area contributed by atoms with Gasteiger partial charge in [0.25, 0.3) is 0 Å². The van der Waals surface area contributed by atoms with E-state index in [-0.39, 0.29) is 6.61 Å². The van der Waals surface area contributed by atoms with Crippen LogP contribution >= 0.6 is 23.2 Å². The van der Waals surface area contributed by atoms with Gasteiger partial charge in [-0.15, -0.1) is 0 Å². The van der Waals surface area contributed by atoms with Gasteiger partial charge in [-0.2, -0.15) is 5.10 Å². The maximum atomic E-state index is 9.61. The van der Waals surface area contributed by atoms with E-state index in [0.29, 0.717) is 21.4 Å². The molecule has 5 heteroatoms. The summed E-state index contributed by atoms with van der Waals surface area (Å²) in [6.07, 6.45) is 0. The first kappa shape index (κ1) is 14.1. The highest BCUT2D eigenvalue weighted by Gasteiger charge is 2.17. The zero-order valence-corrected chi connectivity index (χ0v) is 12.5. The Bertz CT molecular complexity index is 752. The summed E-state index contributed by atoms with van der Waals surface area (Å²) >= 11 is 12.3. The van der Waals surface area contributed by atoms with Crippen molar-refractivity contribution in [3.63, 3.8) is 0 Å². The summed E-state index contributed by atoms with van der Waals surface area (Å²) < 4.78 is 1.60. The fourth-order valence-electron chi connectivity index (χ4n) is 2.15. The Morgan fingerprint density at radius 1 is 0.952 bits per heavy atom. The molecule has 0 bridgehead atoms. The Morgan fingerprint density at radius 3 is 2.24 bits per heavy atom. The molecule has 1 N–H and O–H groups in total. The molecular weight excluding hydrogens is 307 g/mol. The van der Waals surface area contributed by atoms with E-state index in [0.717, 1.165) is 11.3 Å². The molecule has 0 saturated carbocycles. The van der Waals surface area contributed by atoms with Gasteiger partial charge in [0.2, 0.25) is 0 Å². The first-order valence-electron chi connectivity index (χ1n) is 6.40. The number of rotatable bonds is 3. The molecule has 0 aliphatic heterocycles. The van der Waals surface area contributed by atoms with E-state index >= 15 is 0 Å². The van der Waals surface area contributed by atoms with Crippen molar-refractivity contribution in [2.45, 2.75) is 6.61 Å². The van der Waals surface area contributed by atoms with Crippen molar-refractivity contribution in [1.82, 2.24) is 9.78 Å². The Balaban J connectivity index is 2.16. The quantitative estimate of drug-likeness (QED) is 0.780. The van der Waals surface area contributed by atoms with Crippen molar-refractivity contribution in [3.05, 3.63) is 70.3 Å². The highest BCUT2D eigenvalue weighted by atomic mass is 35.5. The van der Waals surface area contributed by atoms with Gasteiger partial charge in [-0.05, 0) is 24.3 Å². The highest BCUT2D eigenvalue weighted by molar-refractivity contribution is 6.31. The molecule has 21 heavy (non-hydrogen) atoms. The van der Waals surface area contributed by atoms with E-state index in [4.69, 9.17) is 23.2 Å². The van der Waals surface area contributed by atoms with Crippen molar-refractivity contribution in [2.75, 3.05) is 0 Å². The van der Waals surface area contributed by atoms with Crippen LogP contribution in [0, 0.1) is 0 Å². The fraction of sp³-hybridized carbons (Fsp3) is 0.0625. The van der Waals surface area contributed by atoms with Crippen molar-refractivity contribution < 1.29 is 5.11 Å². The minimum atomic E-state index is -0.170. The third kappa shape index (κ3) is 2.68. The molecule has 0 spiro atoms. The number of benzene rings is 2. The third-order valence-electron chi connectivity index (χ3n) is 3.20. The third-order valence-corrected chi connectivity index (χ3v) is 3.84. The van der Waals surface area contributed by atoms with Gasteiger partial charge in [0.1, 0.15) is 5.15 Å². The number of hydrogen-bond donors (Lipinski definition) is 1. The molecule has 0 unspecified atom stereocenters. The van der Waals surface area contributed by atoms with E-state index < -0.39 is 0 Å². The average molecular weight is 319 g/mol. The fourth-order valence-corrected chi connectivity index (χ4v) is 2.56. The number of aliphatic hydroxyl groups excluding tert-OH is 1. The molecule has 0 saturated heterocycles. The van der Waals surface area contributed by atoms with Crippen LogP contribution in [0.4, 0.5) is 0 Å². The van der Waals surface area contributed by atoms with Gasteiger partial charge in [0.05, 0.1) is 18.0 Å². The lowest BCUT2D eigenvalue weighted by molar-refractivity contribution is 0.282. The topological polar surface area (TPSA) is 38.1 Å². The zero-order valence-electron chi connectivity index (χ0n) is 11.0. The summed E-state index contributed by atoms with van der Waals surface area (Å²) in [5.74, 6) is 0. The van der Waals surface area contributed by atoms with Gasteiger partial charge in [-0.25, -0.2) is 4.68 Å². The summed E-state index contributed by atoms with van der Waals surface area (Å²) in [6, 6.07) is 16.9. The van der Waals surface area contributed by atoms with Crippen LogP contribution in [-0.4, -0.2) is 14.9 Å². The van der Waals surface area contributed by atoms with E-state index in [1.165, 1.54) is 0 Å². The molecule has 0 aliphatic rings. The number of nitrogens with zero attached hydrogens (tertiary/aromatic N) is 2. The molecular formula is C16H12Cl2N2O. The van der Waals surface area contributed by atoms with Gasteiger partial charge in [0.15, 0.2) is 0 Å². The van der Waals surface area contributed by atoms with Crippen LogP contribution in [0.25, 0.3) is 16.9 Å². The first-order chi connectivity index (χ1) is 10.2. The van der Waals surface area contributed by atoms with Crippen molar-refractivity contribution in [2.24, 2.45) is 0 Å². The number of hydrogen-bond acceptors (Lipinski definition) is 2.